The fourth-order valence-corrected chi connectivity index (χ4v) is 3.87. The van der Waals surface area contributed by atoms with Crippen LogP contribution in [0, 0.1) is 0 Å². The number of benzene rings is 2. The first-order chi connectivity index (χ1) is 12.1. The van der Waals surface area contributed by atoms with Gasteiger partial charge in [0.1, 0.15) is 5.65 Å². The van der Waals surface area contributed by atoms with Crippen LogP contribution in [0.4, 0.5) is 0 Å². The molecular formula is C19H18BrClN4. The van der Waals surface area contributed by atoms with Crippen molar-refractivity contribution in [1.29, 1.82) is 0 Å². The zero-order chi connectivity index (χ0) is 17.6. The van der Waals surface area contributed by atoms with Crippen molar-refractivity contribution in [3.63, 3.8) is 0 Å². The van der Waals surface area contributed by atoms with E-state index in [-0.39, 0.29) is 0 Å². The van der Waals surface area contributed by atoms with Gasteiger partial charge in [-0.3, -0.25) is 4.99 Å². The van der Waals surface area contributed by atoms with E-state index in [0.29, 0.717) is 18.1 Å². The van der Waals surface area contributed by atoms with Crippen LogP contribution in [0.1, 0.15) is 6.42 Å². The summed E-state index contributed by atoms with van der Waals surface area (Å²) < 4.78 is 3.21. The number of halogens is 2. The number of hydrogen-bond donors (Lipinski definition) is 2. The Kier molecular flexibility index (Phi) is 4.31. The van der Waals surface area contributed by atoms with Crippen molar-refractivity contribution in [3.8, 4) is 0 Å². The largest absolute Gasteiger partial charge is 0.341 e. The highest BCUT2D eigenvalue weighted by atomic mass is 79.9. The van der Waals surface area contributed by atoms with Gasteiger partial charge in [-0.2, -0.15) is 0 Å². The van der Waals surface area contributed by atoms with Crippen molar-refractivity contribution in [2.45, 2.75) is 6.42 Å². The Bertz CT molecular complexity index is 1170. The fraction of sp³-hybridized carbons (Fsp3) is 0.211. The molecular weight excluding hydrogens is 400 g/mol. The third kappa shape index (κ3) is 2.76. The number of rotatable bonds is 3. The quantitative estimate of drug-likeness (QED) is 0.474. The standard InChI is InChI=1S/C19H18BrClN4/c1-25-16-6-4-12(21)10-14(16)18(23-8-2-7-22)17-13-9-11(20)3-5-15(13)24-19(17)25/h3-6,9-10,24H,2,7-8,22H2,1H3. The van der Waals surface area contributed by atoms with Gasteiger partial charge >= 0.3 is 0 Å². The SMILES string of the molecule is Cn1c2ccc(Cl)cc2c(=NCCCN)c2c3cc(Br)ccc3[nH]c21. The van der Waals surface area contributed by atoms with Gasteiger partial charge in [0.25, 0.3) is 0 Å². The van der Waals surface area contributed by atoms with Crippen LogP contribution in [-0.2, 0) is 7.05 Å². The maximum Gasteiger partial charge on any atom is 0.120 e. The normalized spacial score (nSPS) is 12.7. The summed E-state index contributed by atoms with van der Waals surface area (Å²) >= 11 is 9.87. The molecule has 0 aliphatic heterocycles. The first-order valence-corrected chi connectivity index (χ1v) is 9.37. The van der Waals surface area contributed by atoms with Crippen molar-refractivity contribution in [2.75, 3.05) is 13.1 Å². The molecule has 0 radical (unpaired) electrons. The molecule has 0 aliphatic carbocycles. The smallest absolute Gasteiger partial charge is 0.120 e. The Morgan fingerprint density at radius 2 is 2.04 bits per heavy atom. The Balaban J connectivity index is 2.25. The Morgan fingerprint density at radius 3 is 2.84 bits per heavy atom. The van der Waals surface area contributed by atoms with Gasteiger partial charge < -0.3 is 15.3 Å². The number of pyridine rings is 1. The lowest BCUT2D eigenvalue weighted by molar-refractivity contribution is 0.831. The van der Waals surface area contributed by atoms with Gasteiger partial charge in [0, 0.05) is 39.4 Å². The van der Waals surface area contributed by atoms with Gasteiger partial charge in [0.15, 0.2) is 0 Å². The monoisotopic (exact) mass is 416 g/mol. The van der Waals surface area contributed by atoms with Gasteiger partial charge in [-0.15, -0.1) is 0 Å². The molecule has 2 heterocycles. The lowest BCUT2D eigenvalue weighted by Gasteiger charge is -2.10. The molecule has 128 valence electrons. The van der Waals surface area contributed by atoms with Crippen LogP contribution in [0.5, 0.6) is 0 Å². The van der Waals surface area contributed by atoms with Crippen LogP contribution >= 0.6 is 27.5 Å². The molecule has 25 heavy (non-hydrogen) atoms. The summed E-state index contributed by atoms with van der Waals surface area (Å²) in [6.07, 6.45) is 0.858. The zero-order valence-electron chi connectivity index (χ0n) is 13.8. The lowest BCUT2D eigenvalue weighted by Crippen LogP contribution is -2.12. The molecule has 0 fully saturated rings. The minimum absolute atomic E-state index is 0.630. The van der Waals surface area contributed by atoms with Gasteiger partial charge in [-0.1, -0.05) is 27.5 Å². The highest BCUT2D eigenvalue weighted by Crippen LogP contribution is 2.29. The Labute approximate surface area is 158 Å². The van der Waals surface area contributed by atoms with Crippen LogP contribution in [0.3, 0.4) is 0 Å². The third-order valence-electron chi connectivity index (χ3n) is 4.52. The molecule has 2 aromatic carbocycles. The molecule has 0 bridgehead atoms. The van der Waals surface area contributed by atoms with Crippen LogP contribution in [-0.4, -0.2) is 22.6 Å². The van der Waals surface area contributed by atoms with Crippen molar-refractivity contribution in [3.05, 3.63) is 51.3 Å². The van der Waals surface area contributed by atoms with Crippen LogP contribution in [0.25, 0.3) is 32.8 Å². The Morgan fingerprint density at radius 1 is 1.20 bits per heavy atom. The summed E-state index contributed by atoms with van der Waals surface area (Å²) in [5.41, 5.74) is 8.89. The summed E-state index contributed by atoms with van der Waals surface area (Å²) in [6, 6.07) is 12.2. The van der Waals surface area contributed by atoms with E-state index in [9.17, 15) is 0 Å². The molecule has 4 aromatic rings. The minimum atomic E-state index is 0.630. The number of aromatic nitrogens is 2. The summed E-state index contributed by atoms with van der Waals surface area (Å²) in [7, 11) is 2.06. The number of fused-ring (bicyclic) bond motifs is 4. The van der Waals surface area contributed by atoms with E-state index in [0.717, 1.165) is 49.1 Å². The lowest BCUT2D eigenvalue weighted by atomic mass is 10.1. The Hall–Kier alpha value is -1.82. The highest BCUT2D eigenvalue weighted by molar-refractivity contribution is 9.10. The number of nitrogens with one attached hydrogen (secondary N) is 1. The van der Waals surface area contributed by atoms with E-state index in [2.05, 4.69) is 44.7 Å². The highest BCUT2D eigenvalue weighted by Gasteiger charge is 2.13. The van der Waals surface area contributed by atoms with Gasteiger partial charge in [-0.05, 0) is 49.4 Å². The molecule has 2 aromatic heterocycles. The maximum atomic E-state index is 6.29. The van der Waals surface area contributed by atoms with Crippen LogP contribution in [0.2, 0.25) is 5.02 Å². The summed E-state index contributed by atoms with van der Waals surface area (Å²) in [6.45, 7) is 1.33. The molecule has 0 saturated carbocycles. The molecule has 4 nitrogen and oxygen atoms in total. The van der Waals surface area contributed by atoms with Crippen molar-refractivity contribution in [1.82, 2.24) is 9.55 Å². The van der Waals surface area contributed by atoms with E-state index in [1.807, 2.05) is 24.3 Å². The predicted octanol–water partition coefficient (Wildman–Crippen LogP) is 4.48. The topological polar surface area (TPSA) is 59.1 Å². The minimum Gasteiger partial charge on any atom is -0.341 e. The molecule has 0 aliphatic rings. The number of H-pyrrole nitrogens is 1. The molecule has 0 spiro atoms. The molecule has 6 heteroatoms. The van der Waals surface area contributed by atoms with Crippen molar-refractivity contribution >= 4 is 60.4 Å². The molecule has 3 N–H and O–H groups in total. The van der Waals surface area contributed by atoms with Gasteiger partial charge in [0.05, 0.1) is 16.3 Å². The number of nitrogens with zero attached hydrogens (tertiary/aromatic N) is 2. The third-order valence-corrected chi connectivity index (χ3v) is 5.25. The van der Waals surface area contributed by atoms with Gasteiger partial charge in [-0.25, -0.2) is 0 Å². The number of aryl methyl sites for hydroxylation is 1. The van der Waals surface area contributed by atoms with Gasteiger partial charge in [0.2, 0.25) is 0 Å². The molecule has 0 atom stereocenters. The second-order valence-corrected chi connectivity index (χ2v) is 7.48. The zero-order valence-corrected chi connectivity index (χ0v) is 16.2. The molecule has 4 rings (SSSR count). The van der Waals surface area contributed by atoms with Crippen LogP contribution < -0.4 is 11.1 Å². The maximum absolute atomic E-state index is 6.29. The number of hydrogen-bond acceptors (Lipinski definition) is 2. The first-order valence-electron chi connectivity index (χ1n) is 8.20. The predicted molar refractivity (Wildman–Crippen MR) is 109 cm³/mol. The van der Waals surface area contributed by atoms with E-state index < -0.39 is 0 Å². The van der Waals surface area contributed by atoms with E-state index in [4.69, 9.17) is 22.3 Å². The van der Waals surface area contributed by atoms with Crippen molar-refractivity contribution < 1.29 is 0 Å². The molecule has 0 unspecified atom stereocenters. The molecule has 0 amide bonds. The number of aromatic amines is 1. The average Bonchev–Trinajstić information content (AvgIpc) is 2.97. The van der Waals surface area contributed by atoms with E-state index in [1.54, 1.807) is 0 Å². The van der Waals surface area contributed by atoms with E-state index >= 15 is 0 Å². The van der Waals surface area contributed by atoms with Crippen molar-refractivity contribution in [2.24, 2.45) is 17.8 Å². The first kappa shape index (κ1) is 16.6. The summed E-state index contributed by atoms with van der Waals surface area (Å²) in [4.78, 5) is 8.43. The van der Waals surface area contributed by atoms with Crippen LogP contribution in [0.15, 0.2) is 45.9 Å². The molecule has 0 saturated heterocycles. The summed E-state index contributed by atoms with van der Waals surface area (Å²) in [5.74, 6) is 0. The fourth-order valence-electron chi connectivity index (χ4n) is 3.33. The number of nitrogens with two attached hydrogens (primary N) is 1. The summed E-state index contributed by atoms with van der Waals surface area (Å²) in [5, 5.41) is 5.01. The second-order valence-electron chi connectivity index (χ2n) is 6.13. The second kappa shape index (κ2) is 6.48. The average molecular weight is 418 g/mol. The van der Waals surface area contributed by atoms with E-state index in [1.165, 1.54) is 0 Å².